The Morgan fingerprint density at radius 3 is 2.38 bits per heavy atom. The first-order valence-corrected chi connectivity index (χ1v) is 4.49. The van der Waals surface area contributed by atoms with Crippen LogP contribution in [0.3, 0.4) is 0 Å². The summed E-state index contributed by atoms with van der Waals surface area (Å²) in [6, 6.07) is 0. The maximum absolute atomic E-state index is 10.8. The van der Waals surface area contributed by atoms with Gasteiger partial charge in [-0.3, -0.25) is 9.59 Å². The van der Waals surface area contributed by atoms with Gasteiger partial charge in [-0.05, 0) is 0 Å². The fourth-order valence-electron chi connectivity index (χ4n) is 0.666. The fraction of sp³-hybridized carbons (Fsp3) is 0.750. The highest BCUT2D eigenvalue weighted by Crippen LogP contribution is 2.04. The van der Waals surface area contributed by atoms with E-state index in [1.807, 2.05) is 0 Å². The van der Waals surface area contributed by atoms with Crippen LogP contribution in [0.5, 0.6) is 0 Å². The minimum Gasteiger partial charge on any atom is -0.469 e. The molecule has 0 aliphatic heterocycles. The smallest absolute Gasteiger partial charge is 0.309 e. The summed E-state index contributed by atoms with van der Waals surface area (Å²) in [7, 11) is 1.27. The van der Waals surface area contributed by atoms with Crippen molar-refractivity contribution in [1.82, 2.24) is 0 Å². The van der Waals surface area contributed by atoms with Crippen LogP contribution in [0.2, 0.25) is 0 Å². The largest absolute Gasteiger partial charge is 0.469 e. The van der Waals surface area contributed by atoms with Gasteiger partial charge >= 0.3 is 11.9 Å². The van der Waals surface area contributed by atoms with E-state index >= 15 is 0 Å². The number of halogens is 1. The number of esters is 2. The van der Waals surface area contributed by atoms with Crippen molar-refractivity contribution in [1.29, 1.82) is 0 Å². The lowest BCUT2D eigenvalue weighted by molar-refractivity contribution is -0.152. The molecule has 1 unspecified atom stereocenters. The lowest BCUT2D eigenvalue weighted by atomic mass is 10.3. The number of alkyl halides is 1. The summed E-state index contributed by atoms with van der Waals surface area (Å²) in [6.07, 6.45) is -0.304. The normalized spacial score (nSPS) is 11.9. The number of hydrogen-bond acceptors (Lipinski definition) is 4. The summed E-state index contributed by atoms with van der Waals surface area (Å²) in [5.41, 5.74) is 0. The van der Waals surface area contributed by atoms with E-state index in [4.69, 9.17) is 16.3 Å². The summed E-state index contributed by atoms with van der Waals surface area (Å²) in [4.78, 5) is 21.6. The molecule has 4 nitrogen and oxygen atoms in total. The van der Waals surface area contributed by atoms with Gasteiger partial charge in [-0.25, -0.2) is 0 Å². The van der Waals surface area contributed by atoms with Crippen molar-refractivity contribution < 1.29 is 19.1 Å². The van der Waals surface area contributed by atoms with Crippen molar-refractivity contribution in [2.24, 2.45) is 0 Å². The van der Waals surface area contributed by atoms with Crippen molar-refractivity contribution in [3.05, 3.63) is 0 Å². The van der Waals surface area contributed by atoms with Crippen LogP contribution in [-0.2, 0) is 19.1 Å². The van der Waals surface area contributed by atoms with E-state index in [1.54, 1.807) is 6.92 Å². The molecule has 13 heavy (non-hydrogen) atoms. The summed E-state index contributed by atoms with van der Waals surface area (Å²) in [5, 5.41) is 0. The van der Waals surface area contributed by atoms with Gasteiger partial charge in [0.15, 0.2) is 0 Å². The molecule has 0 amide bonds. The Kier molecular flexibility index (Phi) is 6.32. The van der Waals surface area contributed by atoms with Crippen LogP contribution in [0.25, 0.3) is 0 Å². The van der Waals surface area contributed by atoms with Crippen LogP contribution >= 0.6 is 11.6 Å². The summed E-state index contributed by atoms with van der Waals surface area (Å²) >= 11 is 5.48. The van der Waals surface area contributed by atoms with Gasteiger partial charge in [0, 0.05) is 6.42 Å². The second-order valence-corrected chi connectivity index (χ2v) is 2.71. The van der Waals surface area contributed by atoms with Crippen molar-refractivity contribution in [3.63, 3.8) is 0 Å². The molecule has 0 aliphatic rings. The van der Waals surface area contributed by atoms with E-state index in [2.05, 4.69) is 4.74 Å². The molecular weight excluding hydrogens is 196 g/mol. The molecule has 0 aromatic heterocycles. The molecule has 0 aliphatic carbocycles. The first-order valence-electron chi connectivity index (χ1n) is 3.96. The highest BCUT2D eigenvalue weighted by atomic mass is 35.5. The number of ether oxygens (including phenoxy) is 2. The van der Waals surface area contributed by atoms with Crippen molar-refractivity contribution >= 4 is 23.5 Å². The van der Waals surface area contributed by atoms with E-state index in [1.165, 1.54) is 7.11 Å². The minimum absolute atomic E-state index is 0.00569. The van der Waals surface area contributed by atoms with E-state index < -0.39 is 12.1 Å². The van der Waals surface area contributed by atoms with Crippen LogP contribution in [-0.4, -0.2) is 31.0 Å². The Hall–Kier alpha value is -0.770. The van der Waals surface area contributed by atoms with Gasteiger partial charge in [-0.2, -0.15) is 0 Å². The zero-order valence-corrected chi connectivity index (χ0v) is 8.47. The topological polar surface area (TPSA) is 52.6 Å². The van der Waals surface area contributed by atoms with Crippen LogP contribution in [0.15, 0.2) is 0 Å². The van der Waals surface area contributed by atoms with Gasteiger partial charge in [-0.1, -0.05) is 6.92 Å². The maximum Gasteiger partial charge on any atom is 0.309 e. The Labute approximate surface area is 82.1 Å². The number of hydrogen-bond donors (Lipinski definition) is 0. The molecule has 0 bridgehead atoms. The van der Waals surface area contributed by atoms with Crippen molar-refractivity contribution in [2.75, 3.05) is 13.0 Å². The molecule has 0 N–H and O–H groups in total. The highest BCUT2D eigenvalue weighted by Gasteiger charge is 2.16. The Morgan fingerprint density at radius 1 is 1.38 bits per heavy atom. The van der Waals surface area contributed by atoms with Gasteiger partial charge < -0.3 is 9.47 Å². The summed E-state index contributed by atoms with van der Waals surface area (Å²) in [6.45, 7) is 1.67. The van der Waals surface area contributed by atoms with Crippen molar-refractivity contribution in [3.8, 4) is 0 Å². The molecular formula is C8H13ClO4. The fourth-order valence-corrected chi connectivity index (χ4v) is 0.838. The molecule has 0 fully saturated rings. The molecule has 0 aromatic rings. The zero-order chi connectivity index (χ0) is 10.3. The molecule has 76 valence electrons. The molecule has 0 spiro atoms. The van der Waals surface area contributed by atoms with E-state index in [9.17, 15) is 9.59 Å². The van der Waals surface area contributed by atoms with Crippen molar-refractivity contribution in [2.45, 2.75) is 25.9 Å². The average molecular weight is 209 g/mol. The predicted molar refractivity (Wildman–Crippen MR) is 47.5 cm³/mol. The van der Waals surface area contributed by atoms with Gasteiger partial charge in [0.25, 0.3) is 0 Å². The molecule has 0 rings (SSSR count). The second kappa shape index (κ2) is 6.71. The Balaban J connectivity index is 3.89. The van der Waals surface area contributed by atoms with Crippen LogP contribution in [0, 0.1) is 0 Å². The third kappa shape index (κ3) is 5.47. The van der Waals surface area contributed by atoms with Gasteiger partial charge in [0.2, 0.25) is 0 Å². The molecule has 0 saturated carbocycles. The van der Waals surface area contributed by atoms with Gasteiger partial charge in [-0.15, -0.1) is 11.6 Å². The molecule has 0 radical (unpaired) electrons. The quantitative estimate of drug-likeness (QED) is 0.502. The van der Waals surface area contributed by atoms with E-state index in [0.29, 0.717) is 0 Å². The number of carbonyl (C=O) groups excluding carboxylic acids is 2. The van der Waals surface area contributed by atoms with Gasteiger partial charge in [0.1, 0.15) is 6.10 Å². The third-order valence-electron chi connectivity index (χ3n) is 1.38. The lowest BCUT2D eigenvalue weighted by Crippen LogP contribution is -2.23. The molecule has 0 heterocycles. The van der Waals surface area contributed by atoms with Crippen LogP contribution in [0.1, 0.15) is 19.8 Å². The molecule has 1 atom stereocenters. The summed E-state index contributed by atoms with van der Waals surface area (Å²) < 4.78 is 9.26. The molecule has 0 aromatic carbocycles. The zero-order valence-electron chi connectivity index (χ0n) is 7.71. The highest BCUT2D eigenvalue weighted by molar-refractivity contribution is 6.18. The van der Waals surface area contributed by atoms with Crippen LogP contribution < -0.4 is 0 Å². The predicted octanol–water partition coefficient (Wildman–Crippen LogP) is 1.11. The molecule has 0 saturated heterocycles. The van der Waals surface area contributed by atoms with Crippen LogP contribution in [0.4, 0.5) is 0 Å². The van der Waals surface area contributed by atoms with E-state index in [0.717, 1.165) is 0 Å². The maximum atomic E-state index is 10.8. The summed E-state index contributed by atoms with van der Waals surface area (Å²) in [5.74, 6) is -0.704. The third-order valence-corrected chi connectivity index (χ3v) is 1.73. The average Bonchev–Trinajstić information content (AvgIpc) is 2.16. The number of carbonyl (C=O) groups is 2. The monoisotopic (exact) mass is 208 g/mol. The van der Waals surface area contributed by atoms with E-state index in [-0.39, 0.29) is 24.7 Å². The standard InChI is InChI=1S/C8H13ClO4/c1-3-7(10)13-6(5-9)4-8(11)12-2/h6H,3-5H2,1-2H3. The first kappa shape index (κ1) is 12.2. The Bertz CT molecular complexity index is 163. The number of rotatable bonds is 5. The molecule has 5 heteroatoms. The number of methoxy groups -OCH3 is 1. The lowest BCUT2D eigenvalue weighted by Gasteiger charge is -2.12. The van der Waals surface area contributed by atoms with Gasteiger partial charge in [0.05, 0.1) is 19.4 Å². The SMILES string of the molecule is CCC(=O)OC(CCl)CC(=O)OC. The Morgan fingerprint density at radius 2 is 2.00 bits per heavy atom. The second-order valence-electron chi connectivity index (χ2n) is 2.40. The minimum atomic E-state index is -0.582. The first-order chi connectivity index (χ1) is 6.13.